The molecule has 246 valence electrons. The number of piperidine rings is 1. The van der Waals surface area contributed by atoms with Gasteiger partial charge in [-0.2, -0.15) is 26.3 Å². The van der Waals surface area contributed by atoms with Gasteiger partial charge in [-0.25, -0.2) is 9.18 Å². The number of piperazine rings is 1. The van der Waals surface area contributed by atoms with Crippen LogP contribution < -0.4 is 0 Å². The fourth-order valence-corrected chi connectivity index (χ4v) is 6.10. The van der Waals surface area contributed by atoms with Crippen molar-refractivity contribution < 1.29 is 45.1 Å². The van der Waals surface area contributed by atoms with E-state index in [4.69, 9.17) is 0 Å². The number of urea groups is 1. The third-order valence-corrected chi connectivity index (χ3v) is 8.85. The van der Waals surface area contributed by atoms with Gasteiger partial charge in [-0.3, -0.25) is 9.59 Å². The Bertz CT molecular complexity index is 1400. The number of rotatable bonds is 4. The summed E-state index contributed by atoms with van der Waals surface area (Å²) in [5.41, 5.74) is -2.15. The molecule has 0 saturated carbocycles. The second-order valence-electron chi connectivity index (χ2n) is 11.7. The SMILES string of the molecule is CC(=O)N1CCN(C(=O)N2CC[C@H](C(=O)N(C)[C@H](C)c3cc(C(F)(F)F)cc(C(F)(F)F)c3)[C@@H](c3ccc(F)cc3C)C2)CC1. The summed E-state index contributed by atoms with van der Waals surface area (Å²) in [6, 6.07) is 3.88. The highest BCUT2D eigenvalue weighted by molar-refractivity contribution is 5.82. The van der Waals surface area contributed by atoms with Crippen molar-refractivity contribution in [3.63, 3.8) is 0 Å². The Morgan fingerprint density at radius 3 is 1.91 bits per heavy atom. The van der Waals surface area contributed by atoms with Crippen molar-refractivity contribution in [3.8, 4) is 0 Å². The number of likely N-dealkylation sites (tertiary alicyclic amines) is 1. The molecule has 14 heteroatoms. The van der Waals surface area contributed by atoms with Crippen LogP contribution in [0.25, 0.3) is 0 Å². The second kappa shape index (κ2) is 12.9. The molecule has 0 unspecified atom stereocenters. The van der Waals surface area contributed by atoms with Crippen molar-refractivity contribution in [3.05, 3.63) is 70.0 Å². The monoisotopic (exact) mass is 644 g/mol. The second-order valence-corrected chi connectivity index (χ2v) is 11.7. The molecule has 2 saturated heterocycles. The summed E-state index contributed by atoms with van der Waals surface area (Å²) in [6.45, 7) is 6.13. The van der Waals surface area contributed by atoms with E-state index in [9.17, 15) is 45.1 Å². The van der Waals surface area contributed by atoms with Gasteiger partial charge in [0.15, 0.2) is 0 Å². The Morgan fingerprint density at radius 2 is 1.40 bits per heavy atom. The summed E-state index contributed by atoms with van der Waals surface area (Å²) < 4.78 is 95.1. The lowest BCUT2D eigenvalue weighted by Crippen LogP contribution is -2.56. The number of aryl methyl sites for hydroxylation is 1. The summed E-state index contributed by atoms with van der Waals surface area (Å²) in [7, 11) is 1.32. The topological polar surface area (TPSA) is 64.2 Å². The molecule has 2 heterocycles. The first-order valence-corrected chi connectivity index (χ1v) is 14.5. The number of amides is 4. The van der Waals surface area contributed by atoms with E-state index in [1.54, 1.807) is 21.6 Å². The quantitative estimate of drug-likeness (QED) is 0.379. The van der Waals surface area contributed by atoms with Crippen LogP contribution >= 0.6 is 0 Å². The lowest BCUT2D eigenvalue weighted by atomic mass is 9.78. The number of carbonyl (C=O) groups is 3. The molecule has 2 aromatic carbocycles. The molecule has 0 aliphatic carbocycles. The molecule has 0 spiro atoms. The van der Waals surface area contributed by atoms with E-state index in [0.29, 0.717) is 49.4 Å². The van der Waals surface area contributed by atoms with Crippen molar-refractivity contribution in [2.45, 2.75) is 51.5 Å². The maximum absolute atomic E-state index is 14.0. The van der Waals surface area contributed by atoms with Gasteiger partial charge in [0, 0.05) is 65.1 Å². The predicted octanol–water partition coefficient (Wildman–Crippen LogP) is 6.08. The molecule has 3 atom stereocenters. The largest absolute Gasteiger partial charge is 0.416 e. The van der Waals surface area contributed by atoms with E-state index in [1.165, 1.54) is 39.1 Å². The molecule has 4 rings (SSSR count). The number of halogens is 7. The Hall–Kier alpha value is -3.84. The first-order valence-electron chi connectivity index (χ1n) is 14.5. The van der Waals surface area contributed by atoms with Crippen LogP contribution in [0, 0.1) is 18.7 Å². The van der Waals surface area contributed by atoms with E-state index < -0.39 is 53.1 Å². The number of nitrogens with zero attached hydrogens (tertiary/aromatic N) is 4. The Balaban J connectivity index is 1.61. The van der Waals surface area contributed by atoms with Crippen molar-refractivity contribution in [1.29, 1.82) is 0 Å². The van der Waals surface area contributed by atoms with Gasteiger partial charge in [-0.1, -0.05) is 6.07 Å². The van der Waals surface area contributed by atoms with E-state index >= 15 is 0 Å². The van der Waals surface area contributed by atoms with Crippen LogP contribution in [0.3, 0.4) is 0 Å². The predicted molar refractivity (Wildman–Crippen MR) is 150 cm³/mol. The van der Waals surface area contributed by atoms with Gasteiger partial charge in [0.1, 0.15) is 5.82 Å². The fourth-order valence-electron chi connectivity index (χ4n) is 6.10. The Kier molecular flexibility index (Phi) is 9.74. The van der Waals surface area contributed by atoms with Crippen molar-refractivity contribution in [2.75, 3.05) is 46.3 Å². The van der Waals surface area contributed by atoms with Gasteiger partial charge in [-0.05, 0) is 67.3 Å². The average Bonchev–Trinajstić information content (AvgIpc) is 2.98. The zero-order valence-corrected chi connectivity index (χ0v) is 25.3. The third-order valence-electron chi connectivity index (χ3n) is 8.85. The van der Waals surface area contributed by atoms with Crippen LogP contribution in [0.2, 0.25) is 0 Å². The molecule has 0 radical (unpaired) electrons. The maximum atomic E-state index is 14.0. The van der Waals surface area contributed by atoms with Crippen molar-refractivity contribution in [1.82, 2.24) is 19.6 Å². The molecule has 2 fully saturated rings. The number of benzene rings is 2. The first-order chi connectivity index (χ1) is 20.9. The highest BCUT2D eigenvalue weighted by atomic mass is 19.4. The van der Waals surface area contributed by atoms with Crippen LogP contribution in [-0.4, -0.2) is 83.8 Å². The Morgan fingerprint density at radius 1 is 0.844 bits per heavy atom. The van der Waals surface area contributed by atoms with E-state index in [-0.39, 0.29) is 43.1 Å². The molecule has 0 bridgehead atoms. The zero-order chi connectivity index (χ0) is 33.4. The zero-order valence-electron chi connectivity index (χ0n) is 25.3. The number of alkyl halides is 6. The minimum atomic E-state index is -5.04. The Labute approximate surface area is 256 Å². The normalized spacial score (nSPS) is 20.2. The minimum absolute atomic E-state index is 0.0398. The summed E-state index contributed by atoms with van der Waals surface area (Å²) in [4.78, 5) is 45.1. The van der Waals surface area contributed by atoms with Crippen LogP contribution in [0.1, 0.15) is 60.0 Å². The van der Waals surface area contributed by atoms with Crippen molar-refractivity contribution >= 4 is 17.8 Å². The van der Waals surface area contributed by atoms with Crippen LogP contribution in [0.15, 0.2) is 36.4 Å². The molecule has 2 aromatic rings. The van der Waals surface area contributed by atoms with Crippen molar-refractivity contribution in [2.24, 2.45) is 5.92 Å². The molecule has 4 amide bonds. The average molecular weight is 645 g/mol. The highest BCUT2D eigenvalue weighted by Gasteiger charge is 2.42. The van der Waals surface area contributed by atoms with Gasteiger partial charge >= 0.3 is 18.4 Å². The van der Waals surface area contributed by atoms with E-state index in [2.05, 4.69) is 0 Å². The minimum Gasteiger partial charge on any atom is -0.339 e. The van der Waals surface area contributed by atoms with Crippen LogP contribution in [0.5, 0.6) is 0 Å². The van der Waals surface area contributed by atoms with Crippen LogP contribution in [0.4, 0.5) is 35.5 Å². The molecule has 0 N–H and O–H groups in total. The lowest BCUT2D eigenvalue weighted by molar-refractivity contribution is -0.143. The molecule has 7 nitrogen and oxygen atoms in total. The fraction of sp³-hybridized carbons (Fsp3) is 0.516. The molecule has 45 heavy (non-hydrogen) atoms. The molecule has 2 aliphatic heterocycles. The third kappa shape index (κ3) is 7.52. The first kappa shape index (κ1) is 34.0. The smallest absolute Gasteiger partial charge is 0.339 e. The highest BCUT2D eigenvalue weighted by Crippen LogP contribution is 2.40. The lowest BCUT2D eigenvalue weighted by Gasteiger charge is -2.43. The van der Waals surface area contributed by atoms with Gasteiger partial charge in [-0.15, -0.1) is 0 Å². The summed E-state index contributed by atoms with van der Waals surface area (Å²) in [5, 5.41) is 0. The molecular weight excluding hydrogens is 609 g/mol. The van der Waals surface area contributed by atoms with E-state index in [1.807, 2.05) is 0 Å². The van der Waals surface area contributed by atoms with Crippen LogP contribution in [-0.2, 0) is 21.9 Å². The summed E-state index contributed by atoms with van der Waals surface area (Å²) >= 11 is 0. The van der Waals surface area contributed by atoms with Gasteiger partial charge in [0.05, 0.1) is 17.2 Å². The molecule has 0 aromatic heterocycles. The summed E-state index contributed by atoms with van der Waals surface area (Å²) in [6.07, 6.45) is -9.92. The van der Waals surface area contributed by atoms with Gasteiger partial charge in [0.25, 0.3) is 0 Å². The standard InChI is InChI=1S/C31H35F7N4O3/c1-18-13-24(32)5-6-25(18)27-17-42(29(45)41-11-9-40(10-12-41)20(3)43)8-7-26(27)28(44)39(4)19(2)21-14-22(30(33,34)35)16-23(15-21)31(36,37)38/h5-6,13-16,19,26-27H,7-12,17H2,1-4H3/t19-,26+,27-/m1/s1. The van der Waals surface area contributed by atoms with Gasteiger partial charge in [0.2, 0.25) is 11.8 Å². The number of hydrogen-bond acceptors (Lipinski definition) is 3. The maximum Gasteiger partial charge on any atom is 0.416 e. The molecular formula is C31H35F7N4O3. The van der Waals surface area contributed by atoms with Gasteiger partial charge < -0.3 is 19.6 Å². The number of carbonyl (C=O) groups excluding carboxylic acids is 3. The van der Waals surface area contributed by atoms with E-state index in [0.717, 1.165) is 4.90 Å². The number of hydrogen-bond donors (Lipinski definition) is 0. The molecule has 2 aliphatic rings. The summed E-state index contributed by atoms with van der Waals surface area (Å²) in [5.74, 6) is -2.54.